The number of hydrogen-bond donors (Lipinski definition) is 2. The maximum absolute atomic E-state index is 12.0. The summed E-state index contributed by atoms with van der Waals surface area (Å²) in [4.78, 5) is 0. The molecule has 0 saturated heterocycles. The Labute approximate surface area is 121 Å². The summed E-state index contributed by atoms with van der Waals surface area (Å²) in [5, 5.41) is 10.0. The topological polar surface area (TPSA) is 55.5 Å². The fraction of sp³-hybridized carbons (Fsp3) is 0.538. The molecule has 0 amide bonds. The van der Waals surface area contributed by atoms with Crippen LogP contribution in [0.5, 0.6) is 5.75 Å². The Morgan fingerprint density at radius 2 is 1.75 bits per heavy atom. The SMILES string of the molecule is Cl.N[C@H](c1ccc(OC(F)(F)F)cc1)[C@@H](O)C1CCC1. The van der Waals surface area contributed by atoms with Gasteiger partial charge in [-0.05, 0) is 36.5 Å². The van der Waals surface area contributed by atoms with Crippen molar-refractivity contribution in [1.82, 2.24) is 0 Å². The van der Waals surface area contributed by atoms with Crippen LogP contribution in [0.15, 0.2) is 24.3 Å². The number of aliphatic hydroxyl groups is 1. The van der Waals surface area contributed by atoms with E-state index in [4.69, 9.17) is 5.73 Å². The lowest BCUT2D eigenvalue weighted by molar-refractivity contribution is -0.274. The second kappa shape index (κ2) is 6.65. The molecule has 2 atom stereocenters. The van der Waals surface area contributed by atoms with E-state index in [-0.39, 0.29) is 24.1 Å². The number of hydrogen-bond acceptors (Lipinski definition) is 3. The molecule has 1 aromatic rings. The van der Waals surface area contributed by atoms with Crippen molar-refractivity contribution in [2.75, 3.05) is 0 Å². The zero-order valence-corrected chi connectivity index (χ0v) is 11.5. The number of halogens is 4. The predicted octanol–water partition coefficient (Wildman–Crippen LogP) is 3.17. The van der Waals surface area contributed by atoms with E-state index in [2.05, 4.69) is 4.74 Å². The van der Waals surface area contributed by atoms with Crippen LogP contribution in [0, 0.1) is 5.92 Å². The van der Waals surface area contributed by atoms with Crippen LogP contribution in [-0.4, -0.2) is 17.6 Å². The summed E-state index contributed by atoms with van der Waals surface area (Å²) in [5.41, 5.74) is 6.52. The third-order valence-electron chi connectivity index (χ3n) is 3.50. The molecular formula is C13H17ClF3NO2. The Balaban J connectivity index is 0.00000200. The third kappa shape index (κ3) is 4.26. The largest absolute Gasteiger partial charge is 0.573 e. The Kier molecular flexibility index (Phi) is 5.68. The zero-order valence-electron chi connectivity index (χ0n) is 10.6. The highest BCUT2D eigenvalue weighted by molar-refractivity contribution is 5.85. The molecule has 0 heterocycles. The van der Waals surface area contributed by atoms with Crippen molar-refractivity contribution in [2.45, 2.75) is 37.8 Å². The van der Waals surface area contributed by atoms with Gasteiger partial charge in [0.2, 0.25) is 0 Å². The first-order valence-corrected chi connectivity index (χ1v) is 6.16. The molecule has 0 spiro atoms. The van der Waals surface area contributed by atoms with Gasteiger partial charge in [0.05, 0.1) is 12.1 Å². The molecule has 1 aliphatic carbocycles. The van der Waals surface area contributed by atoms with Crippen LogP contribution in [0.1, 0.15) is 30.9 Å². The van der Waals surface area contributed by atoms with Crippen LogP contribution in [0.3, 0.4) is 0 Å². The fourth-order valence-electron chi connectivity index (χ4n) is 2.16. The van der Waals surface area contributed by atoms with Gasteiger partial charge in [-0.3, -0.25) is 0 Å². The highest BCUT2D eigenvalue weighted by Gasteiger charge is 2.32. The molecule has 1 aromatic carbocycles. The van der Waals surface area contributed by atoms with Crippen molar-refractivity contribution in [3.8, 4) is 5.75 Å². The van der Waals surface area contributed by atoms with Crippen LogP contribution in [-0.2, 0) is 0 Å². The molecule has 114 valence electrons. The molecule has 0 radical (unpaired) electrons. The molecular weight excluding hydrogens is 295 g/mol. The molecule has 1 fully saturated rings. The summed E-state index contributed by atoms with van der Waals surface area (Å²) >= 11 is 0. The summed E-state index contributed by atoms with van der Waals surface area (Å²) in [6.07, 6.45) is -2.36. The van der Waals surface area contributed by atoms with Crippen LogP contribution in [0.25, 0.3) is 0 Å². The molecule has 0 aromatic heterocycles. The van der Waals surface area contributed by atoms with E-state index >= 15 is 0 Å². The Bertz CT molecular complexity index is 421. The Hall–Kier alpha value is -0.980. The van der Waals surface area contributed by atoms with Crippen LogP contribution in [0.4, 0.5) is 13.2 Å². The second-order valence-electron chi connectivity index (χ2n) is 4.82. The van der Waals surface area contributed by atoms with Crippen molar-refractivity contribution in [3.05, 3.63) is 29.8 Å². The highest BCUT2D eigenvalue weighted by atomic mass is 35.5. The molecule has 2 rings (SSSR count). The number of alkyl halides is 3. The number of benzene rings is 1. The fourth-order valence-corrected chi connectivity index (χ4v) is 2.16. The summed E-state index contributed by atoms with van der Waals surface area (Å²) in [6, 6.07) is 4.73. The zero-order chi connectivity index (χ0) is 14.0. The van der Waals surface area contributed by atoms with E-state index in [1.165, 1.54) is 24.3 Å². The highest BCUT2D eigenvalue weighted by Crippen LogP contribution is 2.34. The van der Waals surface area contributed by atoms with Gasteiger partial charge in [-0.2, -0.15) is 0 Å². The van der Waals surface area contributed by atoms with Crippen molar-refractivity contribution < 1.29 is 23.0 Å². The molecule has 3 N–H and O–H groups in total. The molecule has 1 aliphatic rings. The Morgan fingerprint density at radius 1 is 1.20 bits per heavy atom. The normalized spacial score (nSPS) is 18.6. The van der Waals surface area contributed by atoms with Gasteiger partial charge in [0, 0.05) is 0 Å². The molecule has 20 heavy (non-hydrogen) atoms. The average Bonchev–Trinajstić information content (AvgIpc) is 2.24. The van der Waals surface area contributed by atoms with Crippen LogP contribution >= 0.6 is 12.4 Å². The first kappa shape index (κ1) is 17.1. The van der Waals surface area contributed by atoms with E-state index in [0.29, 0.717) is 5.56 Å². The van der Waals surface area contributed by atoms with Crippen LogP contribution in [0.2, 0.25) is 0 Å². The van der Waals surface area contributed by atoms with Gasteiger partial charge in [0.15, 0.2) is 0 Å². The van der Waals surface area contributed by atoms with E-state index in [1.807, 2.05) is 0 Å². The van der Waals surface area contributed by atoms with Crippen molar-refractivity contribution >= 4 is 12.4 Å². The third-order valence-corrected chi connectivity index (χ3v) is 3.50. The van der Waals surface area contributed by atoms with Crippen molar-refractivity contribution in [1.29, 1.82) is 0 Å². The average molecular weight is 312 g/mol. The van der Waals surface area contributed by atoms with Gasteiger partial charge in [0.1, 0.15) is 5.75 Å². The summed E-state index contributed by atoms with van der Waals surface area (Å²) in [7, 11) is 0. The minimum Gasteiger partial charge on any atom is -0.406 e. The van der Waals surface area contributed by atoms with Crippen molar-refractivity contribution in [2.24, 2.45) is 11.7 Å². The molecule has 0 aliphatic heterocycles. The van der Waals surface area contributed by atoms with Gasteiger partial charge in [-0.1, -0.05) is 18.6 Å². The van der Waals surface area contributed by atoms with Gasteiger partial charge in [-0.15, -0.1) is 25.6 Å². The minimum atomic E-state index is -4.70. The van der Waals surface area contributed by atoms with Gasteiger partial charge >= 0.3 is 6.36 Å². The maximum atomic E-state index is 12.0. The van der Waals surface area contributed by atoms with E-state index in [0.717, 1.165) is 19.3 Å². The molecule has 7 heteroatoms. The van der Waals surface area contributed by atoms with E-state index < -0.39 is 18.5 Å². The lowest BCUT2D eigenvalue weighted by Gasteiger charge is -2.33. The lowest BCUT2D eigenvalue weighted by atomic mass is 9.77. The predicted molar refractivity (Wildman–Crippen MR) is 70.6 cm³/mol. The van der Waals surface area contributed by atoms with Gasteiger partial charge in [-0.25, -0.2) is 0 Å². The standard InChI is InChI=1S/C13H16F3NO2.ClH/c14-13(15,16)19-10-6-4-8(5-7-10)11(17)12(18)9-2-1-3-9;/h4-7,9,11-12,18H,1-3,17H2;1H/t11-,12+;/m1./s1. The van der Waals surface area contributed by atoms with Crippen LogP contribution < -0.4 is 10.5 Å². The number of ether oxygens (including phenoxy) is 1. The molecule has 3 nitrogen and oxygen atoms in total. The molecule has 0 unspecified atom stereocenters. The molecule has 0 bridgehead atoms. The van der Waals surface area contributed by atoms with E-state index in [9.17, 15) is 18.3 Å². The van der Waals surface area contributed by atoms with Gasteiger partial charge < -0.3 is 15.6 Å². The molecule has 1 saturated carbocycles. The number of aliphatic hydroxyl groups excluding tert-OH is 1. The van der Waals surface area contributed by atoms with Gasteiger partial charge in [0.25, 0.3) is 0 Å². The first-order valence-electron chi connectivity index (χ1n) is 6.16. The maximum Gasteiger partial charge on any atom is 0.573 e. The smallest absolute Gasteiger partial charge is 0.406 e. The van der Waals surface area contributed by atoms with E-state index in [1.54, 1.807) is 0 Å². The monoisotopic (exact) mass is 311 g/mol. The van der Waals surface area contributed by atoms with Crippen molar-refractivity contribution in [3.63, 3.8) is 0 Å². The summed E-state index contributed by atoms with van der Waals surface area (Å²) in [6.45, 7) is 0. The lowest BCUT2D eigenvalue weighted by Crippen LogP contribution is -2.36. The number of nitrogens with two attached hydrogens (primary N) is 1. The Morgan fingerprint density at radius 3 is 2.15 bits per heavy atom. The minimum absolute atomic E-state index is 0. The second-order valence-corrected chi connectivity index (χ2v) is 4.82. The summed E-state index contributed by atoms with van der Waals surface area (Å²) in [5.74, 6) is -0.0947. The first-order chi connectivity index (χ1) is 8.87. The number of rotatable bonds is 4. The quantitative estimate of drug-likeness (QED) is 0.898. The summed E-state index contributed by atoms with van der Waals surface area (Å²) < 4.78 is 39.8.